The van der Waals surface area contributed by atoms with Crippen LogP contribution in [-0.2, 0) is 11.2 Å². The predicted molar refractivity (Wildman–Crippen MR) is 129 cm³/mol. The maximum Gasteiger partial charge on any atom is 0.303 e. The Labute approximate surface area is 193 Å². The zero-order valence-corrected chi connectivity index (χ0v) is 18.4. The van der Waals surface area contributed by atoms with Gasteiger partial charge in [-0.25, -0.2) is 0 Å². The number of hydrogen-bond acceptors (Lipinski definition) is 3. The first kappa shape index (κ1) is 21.1. The zero-order chi connectivity index (χ0) is 22.6. The van der Waals surface area contributed by atoms with Crippen molar-refractivity contribution >= 4 is 16.9 Å². The number of aromatic nitrogens is 1. The Morgan fingerprint density at radius 1 is 0.909 bits per heavy atom. The summed E-state index contributed by atoms with van der Waals surface area (Å²) in [6.45, 7) is 1.16. The fourth-order valence-electron chi connectivity index (χ4n) is 4.60. The normalized spacial score (nSPS) is 14.8. The minimum atomic E-state index is -0.735. The summed E-state index contributed by atoms with van der Waals surface area (Å²) in [5.74, 6) is 1.08. The molecule has 0 unspecified atom stereocenters. The number of ether oxygens (including phenoxy) is 2. The van der Waals surface area contributed by atoms with Gasteiger partial charge in [-0.3, -0.25) is 4.79 Å². The predicted octanol–water partition coefficient (Wildman–Crippen LogP) is 6.19. The Hall–Kier alpha value is -3.73. The van der Waals surface area contributed by atoms with Gasteiger partial charge in [0.25, 0.3) is 0 Å². The molecule has 5 rings (SSSR count). The van der Waals surface area contributed by atoms with E-state index >= 15 is 0 Å². The smallest absolute Gasteiger partial charge is 0.303 e. The molecule has 0 saturated carbocycles. The zero-order valence-electron chi connectivity index (χ0n) is 18.4. The molecular formula is C28H27NO4. The number of H-pyrrole nitrogens is 1. The Kier molecular flexibility index (Phi) is 6.03. The summed E-state index contributed by atoms with van der Waals surface area (Å²) < 4.78 is 11.8. The number of rotatable bonds is 9. The van der Waals surface area contributed by atoms with Gasteiger partial charge in [0.15, 0.2) is 0 Å². The van der Waals surface area contributed by atoms with Gasteiger partial charge in [0.1, 0.15) is 11.5 Å². The van der Waals surface area contributed by atoms with Gasteiger partial charge in [0, 0.05) is 18.1 Å². The number of hydrogen-bond donors (Lipinski definition) is 2. The highest BCUT2D eigenvalue weighted by Crippen LogP contribution is 2.37. The summed E-state index contributed by atoms with van der Waals surface area (Å²) >= 11 is 0. The number of carboxylic acids is 1. The van der Waals surface area contributed by atoms with Gasteiger partial charge in [0.2, 0.25) is 0 Å². The summed E-state index contributed by atoms with van der Waals surface area (Å²) in [5.41, 5.74) is 5.84. The number of carbonyl (C=O) groups is 1. The molecule has 1 aliphatic rings. The van der Waals surface area contributed by atoms with E-state index in [-0.39, 0.29) is 12.3 Å². The summed E-state index contributed by atoms with van der Waals surface area (Å²) in [7, 11) is 0. The van der Waals surface area contributed by atoms with Crippen LogP contribution in [0.3, 0.4) is 0 Å². The molecule has 1 aromatic heterocycles. The lowest BCUT2D eigenvalue weighted by molar-refractivity contribution is -0.137. The lowest BCUT2D eigenvalue weighted by atomic mass is 9.98. The number of nitrogens with one attached hydrogen (secondary N) is 1. The van der Waals surface area contributed by atoms with Gasteiger partial charge < -0.3 is 19.6 Å². The second kappa shape index (κ2) is 9.41. The number of carboxylic acid groups (broad SMARTS) is 1. The third kappa shape index (κ3) is 4.87. The largest absolute Gasteiger partial charge is 0.493 e. The Morgan fingerprint density at radius 2 is 1.67 bits per heavy atom. The Morgan fingerprint density at radius 3 is 2.48 bits per heavy atom. The van der Waals surface area contributed by atoms with Gasteiger partial charge in [-0.1, -0.05) is 30.3 Å². The van der Waals surface area contributed by atoms with E-state index in [1.165, 1.54) is 16.5 Å². The minimum absolute atomic E-state index is 0.128. The third-order valence-electron chi connectivity index (χ3n) is 6.31. The Bertz CT molecular complexity index is 1260. The molecule has 0 spiro atoms. The van der Waals surface area contributed by atoms with Crippen LogP contribution in [0.2, 0.25) is 0 Å². The molecule has 2 N–H and O–H groups in total. The van der Waals surface area contributed by atoms with E-state index in [0.717, 1.165) is 47.4 Å². The van der Waals surface area contributed by atoms with Crippen LogP contribution in [0.4, 0.5) is 0 Å². The van der Waals surface area contributed by atoms with Crippen molar-refractivity contribution in [1.29, 1.82) is 0 Å². The minimum Gasteiger partial charge on any atom is -0.493 e. The van der Waals surface area contributed by atoms with Crippen LogP contribution in [0, 0.1) is 0 Å². The van der Waals surface area contributed by atoms with Crippen LogP contribution >= 0.6 is 0 Å². The first-order valence-electron chi connectivity index (χ1n) is 11.4. The first-order valence-corrected chi connectivity index (χ1v) is 11.4. The molecular weight excluding hydrogens is 414 g/mol. The van der Waals surface area contributed by atoms with E-state index < -0.39 is 5.97 Å². The number of fused-ring (bicyclic) bond motifs is 2. The van der Waals surface area contributed by atoms with Crippen LogP contribution in [-0.4, -0.2) is 29.3 Å². The van der Waals surface area contributed by atoms with Gasteiger partial charge in [-0.05, 0) is 82.8 Å². The average Bonchev–Trinajstić information content (AvgIpc) is 3.45. The molecule has 0 aliphatic heterocycles. The van der Waals surface area contributed by atoms with Crippen molar-refractivity contribution in [2.45, 2.75) is 31.6 Å². The number of aliphatic carboxylic acids is 1. The van der Waals surface area contributed by atoms with Crippen molar-refractivity contribution in [3.63, 3.8) is 0 Å². The van der Waals surface area contributed by atoms with Crippen molar-refractivity contribution in [3.8, 4) is 22.6 Å². The highest BCUT2D eigenvalue weighted by Gasteiger charge is 2.24. The molecule has 1 heterocycles. The second-order valence-corrected chi connectivity index (χ2v) is 8.55. The summed E-state index contributed by atoms with van der Waals surface area (Å²) in [4.78, 5) is 14.3. The molecule has 0 bridgehead atoms. The van der Waals surface area contributed by atoms with E-state index in [1.54, 1.807) is 0 Å². The molecule has 0 saturated heterocycles. The summed E-state index contributed by atoms with van der Waals surface area (Å²) in [5, 5.41) is 10.3. The van der Waals surface area contributed by atoms with Crippen LogP contribution < -0.4 is 9.47 Å². The third-order valence-corrected chi connectivity index (χ3v) is 6.31. The first-order chi connectivity index (χ1) is 16.2. The van der Waals surface area contributed by atoms with Gasteiger partial charge in [-0.2, -0.15) is 0 Å². The van der Waals surface area contributed by atoms with Crippen LogP contribution in [0.25, 0.3) is 22.0 Å². The number of benzene rings is 3. The molecule has 33 heavy (non-hydrogen) atoms. The molecule has 1 atom stereocenters. The maximum atomic E-state index is 11.0. The van der Waals surface area contributed by atoms with Crippen molar-refractivity contribution < 1.29 is 19.4 Å². The quantitative estimate of drug-likeness (QED) is 0.304. The van der Waals surface area contributed by atoms with E-state index in [9.17, 15) is 4.79 Å². The number of aryl methyl sites for hydroxylation is 1. The highest BCUT2D eigenvalue weighted by atomic mass is 16.5. The SMILES string of the molecule is O=C(O)C[C@@H]1CCc2cc(OCCCOc3ccc(-c4ccc5cc[nH]c5c4)cc3)ccc21. The highest BCUT2D eigenvalue weighted by molar-refractivity contribution is 5.84. The molecule has 1 aliphatic carbocycles. The maximum absolute atomic E-state index is 11.0. The molecule has 3 aromatic carbocycles. The molecule has 5 nitrogen and oxygen atoms in total. The van der Waals surface area contributed by atoms with E-state index in [0.29, 0.717) is 13.2 Å². The Balaban J connectivity index is 1.08. The molecule has 168 valence electrons. The van der Waals surface area contributed by atoms with E-state index in [1.807, 2.05) is 30.5 Å². The summed E-state index contributed by atoms with van der Waals surface area (Å²) in [6, 6.07) is 22.7. The second-order valence-electron chi connectivity index (χ2n) is 8.55. The van der Waals surface area contributed by atoms with Crippen molar-refractivity contribution in [3.05, 3.63) is 84.1 Å². The summed E-state index contributed by atoms with van der Waals surface area (Å²) in [6.07, 6.45) is 4.76. The fraction of sp³-hybridized carbons (Fsp3) is 0.250. The van der Waals surface area contributed by atoms with Crippen LogP contribution in [0.15, 0.2) is 72.9 Å². The van der Waals surface area contributed by atoms with Gasteiger partial charge >= 0.3 is 5.97 Å². The van der Waals surface area contributed by atoms with E-state index in [4.69, 9.17) is 14.6 Å². The lowest BCUT2D eigenvalue weighted by Gasteiger charge is -2.11. The van der Waals surface area contributed by atoms with Crippen molar-refractivity contribution in [2.24, 2.45) is 0 Å². The molecule has 0 radical (unpaired) electrons. The van der Waals surface area contributed by atoms with Crippen LogP contribution in [0.1, 0.15) is 36.3 Å². The molecule has 0 fully saturated rings. The molecule has 4 aromatic rings. The lowest BCUT2D eigenvalue weighted by Crippen LogP contribution is -2.05. The van der Waals surface area contributed by atoms with Crippen LogP contribution in [0.5, 0.6) is 11.5 Å². The van der Waals surface area contributed by atoms with E-state index in [2.05, 4.69) is 47.4 Å². The standard InChI is InChI=1S/C28H27NO4/c30-28(31)18-23-5-4-22-16-25(10-11-26(22)23)33-15-1-14-32-24-8-6-19(7-9-24)21-3-2-20-12-13-29-27(20)17-21/h2-3,6-13,16-17,23,29H,1,4-5,14-15,18H2,(H,30,31)/t23-/m0/s1. The van der Waals surface area contributed by atoms with Gasteiger partial charge in [-0.15, -0.1) is 0 Å². The van der Waals surface area contributed by atoms with Gasteiger partial charge in [0.05, 0.1) is 19.6 Å². The average molecular weight is 442 g/mol. The topological polar surface area (TPSA) is 71.6 Å². The fourth-order valence-corrected chi connectivity index (χ4v) is 4.60. The molecule has 5 heteroatoms. The monoisotopic (exact) mass is 441 g/mol. The van der Waals surface area contributed by atoms with Crippen molar-refractivity contribution in [2.75, 3.05) is 13.2 Å². The van der Waals surface area contributed by atoms with Crippen molar-refractivity contribution in [1.82, 2.24) is 4.98 Å². The molecule has 0 amide bonds. The number of aromatic amines is 1.